The topological polar surface area (TPSA) is 148 Å². The summed E-state index contributed by atoms with van der Waals surface area (Å²) < 4.78 is 10.7. The fraction of sp³-hybridized carbons (Fsp3) is 0.280. The molecule has 1 aliphatic rings. The van der Waals surface area contributed by atoms with Gasteiger partial charge in [0, 0.05) is 24.0 Å². The van der Waals surface area contributed by atoms with Crippen LogP contribution in [0.25, 0.3) is 11.3 Å². The number of benzene rings is 2. The van der Waals surface area contributed by atoms with Crippen LogP contribution in [0.15, 0.2) is 64.5 Å². The number of aliphatic hydroxyl groups excluding tert-OH is 1. The van der Waals surface area contributed by atoms with Gasteiger partial charge in [-0.05, 0) is 42.7 Å². The molecule has 2 heterocycles. The Bertz CT molecular complexity index is 1240. The molecule has 1 saturated heterocycles. The highest BCUT2D eigenvalue weighted by atomic mass is 16.5. The summed E-state index contributed by atoms with van der Waals surface area (Å²) in [4.78, 5) is 22.8. The number of hydrogen-bond donors (Lipinski definition) is 4. The van der Waals surface area contributed by atoms with Gasteiger partial charge >= 0.3 is 6.03 Å². The van der Waals surface area contributed by atoms with Crippen molar-refractivity contribution in [2.75, 3.05) is 24.3 Å². The average molecular weight is 490 g/mol. The van der Waals surface area contributed by atoms with Crippen LogP contribution in [0.1, 0.15) is 18.4 Å². The van der Waals surface area contributed by atoms with E-state index in [-0.39, 0.29) is 0 Å². The van der Waals surface area contributed by atoms with Crippen molar-refractivity contribution in [3.8, 4) is 23.3 Å². The summed E-state index contributed by atoms with van der Waals surface area (Å²) in [5.41, 5.74) is 2.79. The lowest BCUT2D eigenvalue weighted by Crippen LogP contribution is -2.54. The zero-order valence-corrected chi connectivity index (χ0v) is 19.7. The Morgan fingerprint density at radius 2 is 2.17 bits per heavy atom. The number of aromatic nitrogens is 1. The number of likely N-dealkylation sites (tertiary alicyclic amines) is 1. The van der Waals surface area contributed by atoms with Gasteiger partial charge in [-0.2, -0.15) is 5.26 Å². The predicted octanol–water partition coefficient (Wildman–Crippen LogP) is 3.38. The van der Waals surface area contributed by atoms with E-state index < -0.39 is 18.3 Å². The van der Waals surface area contributed by atoms with Gasteiger partial charge in [0.05, 0.1) is 37.9 Å². The molecule has 4 rings (SSSR count). The smallest absolute Gasteiger partial charge is 0.323 e. The zero-order chi connectivity index (χ0) is 25.3. The molecule has 1 aromatic heterocycles. The Morgan fingerprint density at radius 3 is 2.92 bits per heavy atom. The van der Waals surface area contributed by atoms with Crippen molar-refractivity contribution >= 4 is 23.7 Å². The number of nitriles is 1. The van der Waals surface area contributed by atoms with E-state index in [1.165, 1.54) is 6.39 Å². The van der Waals surface area contributed by atoms with Crippen molar-refractivity contribution in [3.63, 3.8) is 0 Å². The van der Waals surface area contributed by atoms with Gasteiger partial charge in [-0.1, -0.05) is 12.1 Å². The zero-order valence-electron chi connectivity index (χ0n) is 19.7. The minimum atomic E-state index is -0.630. The molecule has 1 fully saturated rings. The number of nitrogens with one attached hydrogen (secondary N) is 3. The number of piperidine rings is 1. The normalized spacial score (nSPS) is 17.4. The monoisotopic (exact) mass is 489 g/mol. The summed E-state index contributed by atoms with van der Waals surface area (Å²) in [5, 5.41) is 27.3. The summed E-state index contributed by atoms with van der Waals surface area (Å²) in [6.07, 6.45) is 6.82. The first kappa shape index (κ1) is 24.6. The van der Waals surface area contributed by atoms with Crippen LogP contribution in [0.5, 0.6) is 5.75 Å². The van der Waals surface area contributed by atoms with Gasteiger partial charge < -0.3 is 29.8 Å². The summed E-state index contributed by atoms with van der Waals surface area (Å²) in [6.45, 7) is 1.08. The number of urea groups is 1. The lowest BCUT2D eigenvalue weighted by Gasteiger charge is -2.36. The molecule has 36 heavy (non-hydrogen) atoms. The number of anilines is 2. The highest BCUT2D eigenvalue weighted by Crippen LogP contribution is 2.32. The third-order valence-electron chi connectivity index (χ3n) is 5.70. The standard InChI is InChI=1S/C25H27N7O4/c1-35-22-11-19(7-8-20(22)23-13-28-16-36-23)31-25(34)30-18-5-2-4-17(10-18)12-27-15-32-9-3-6-21(33)24(32)29-14-26/h2,4-5,7-8,10-11,13,15-16,21,24,29,33H,3,6,9,12H2,1H3,(H2,30,31,34). The van der Waals surface area contributed by atoms with Crippen molar-refractivity contribution in [2.45, 2.75) is 31.7 Å². The van der Waals surface area contributed by atoms with Gasteiger partial charge in [-0.25, -0.2) is 9.78 Å². The molecule has 186 valence electrons. The van der Waals surface area contributed by atoms with Crippen LogP contribution in [0, 0.1) is 11.5 Å². The maximum absolute atomic E-state index is 12.6. The first-order chi connectivity index (χ1) is 17.6. The summed E-state index contributed by atoms with van der Waals surface area (Å²) in [7, 11) is 1.54. The van der Waals surface area contributed by atoms with Crippen LogP contribution in [-0.2, 0) is 6.54 Å². The van der Waals surface area contributed by atoms with Crippen molar-refractivity contribution in [2.24, 2.45) is 4.99 Å². The van der Waals surface area contributed by atoms with Gasteiger partial charge in [-0.3, -0.25) is 10.3 Å². The van der Waals surface area contributed by atoms with E-state index in [2.05, 4.69) is 25.9 Å². The van der Waals surface area contributed by atoms with Gasteiger partial charge in [0.25, 0.3) is 0 Å². The fourth-order valence-corrected chi connectivity index (χ4v) is 3.99. The van der Waals surface area contributed by atoms with Crippen molar-refractivity contribution in [1.29, 1.82) is 5.26 Å². The van der Waals surface area contributed by atoms with Gasteiger partial charge in [0.15, 0.2) is 18.3 Å². The second-order valence-corrected chi connectivity index (χ2v) is 8.16. The van der Waals surface area contributed by atoms with E-state index in [1.54, 1.807) is 43.9 Å². The Morgan fingerprint density at radius 1 is 1.33 bits per heavy atom. The predicted molar refractivity (Wildman–Crippen MR) is 134 cm³/mol. The minimum absolute atomic E-state index is 0.378. The second-order valence-electron chi connectivity index (χ2n) is 8.16. The second kappa shape index (κ2) is 11.7. The molecule has 11 heteroatoms. The molecule has 0 spiro atoms. The number of oxazole rings is 1. The molecular weight excluding hydrogens is 462 g/mol. The Kier molecular flexibility index (Phi) is 8.00. The molecule has 0 bridgehead atoms. The van der Waals surface area contributed by atoms with E-state index in [0.717, 1.165) is 17.5 Å². The molecular formula is C25H27N7O4. The van der Waals surface area contributed by atoms with Crippen LogP contribution >= 0.6 is 0 Å². The number of amides is 2. The summed E-state index contributed by atoms with van der Waals surface area (Å²) >= 11 is 0. The highest BCUT2D eigenvalue weighted by molar-refractivity contribution is 6.00. The number of methoxy groups -OCH3 is 1. The van der Waals surface area contributed by atoms with Crippen LogP contribution in [-0.4, -0.2) is 53.3 Å². The Balaban J connectivity index is 1.35. The molecule has 4 N–H and O–H groups in total. The molecule has 0 radical (unpaired) electrons. The van der Waals surface area contributed by atoms with E-state index in [9.17, 15) is 9.90 Å². The molecule has 2 atom stereocenters. The van der Waals surface area contributed by atoms with Gasteiger partial charge in [0.1, 0.15) is 11.9 Å². The minimum Gasteiger partial charge on any atom is -0.496 e. The van der Waals surface area contributed by atoms with Crippen LogP contribution in [0.3, 0.4) is 0 Å². The van der Waals surface area contributed by atoms with E-state index in [0.29, 0.717) is 42.4 Å². The molecule has 3 aromatic rings. The van der Waals surface area contributed by atoms with Crippen LogP contribution < -0.4 is 20.7 Å². The average Bonchev–Trinajstić information content (AvgIpc) is 3.41. The first-order valence-corrected chi connectivity index (χ1v) is 11.4. The number of aliphatic imine (C=N–C) groups is 1. The Labute approximate surface area is 208 Å². The molecule has 11 nitrogen and oxygen atoms in total. The van der Waals surface area contributed by atoms with Crippen molar-refractivity contribution < 1.29 is 19.1 Å². The largest absolute Gasteiger partial charge is 0.496 e. The number of nitrogens with zero attached hydrogens (tertiary/aromatic N) is 4. The fourth-order valence-electron chi connectivity index (χ4n) is 3.99. The lowest BCUT2D eigenvalue weighted by molar-refractivity contribution is 0.0395. The molecule has 2 unspecified atom stereocenters. The number of carbonyl (C=O) groups excluding carboxylic acids is 1. The number of ether oxygens (including phenoxy) is 1. The number of carbonyl (C=O) groups is 1. The van der Waals surface area contributed by atoms with E-state index in [1.807, 2.05) is 29.3 Å². The molecule has 2 amide bonds. The third-order valence-corrected chi connectivity index (χ3v) is 5.70. The van der Waals surface area contributed by atoms with Crippen molar-refractivity contribution in [3.05, 3.63) is 60.6 Å². The number of rotatable bonds is 8. The van der Waals surface area contributed by atoms with Crippen LogP contribution in [0.4, 0.5) is 16.2 Å². The van der Waals surface area contributed by atoms with Gasteiger partial charge in [-0.15, -0.1) is 0 Å². The maximum Gasteiger partial charge on any atom is 0.323 e. The first-order valence-electron chi connectivity index (χ1n) is 11.4. The number of aliphatic hydroxyl groups is 1. The molecule has 0 saturated carbocycles. The SMILES string of the molecule is COc1cc(NC(=O)Nc2cccc(CN=CN3CCCC(O)C3NC#N)c2)ccc1-c1cnco1. The highest BCUT2D eigenvalue weighted by Gasteiger charge is 2.28. The maximum atomic E-state index is 12.6. The van der Waals surface area contributed by atoms with Crippen molar-refractivity contribution in [1.82, 2.24) is 15.2 Å². The van der Waals surface area contributed by atoms with E-state index in [4.69, 9.17) is 14.4 Å². The summed E-state index contributed by atoms with van der Waals surface area (Å²) in [6, 6.07) is 12.2. The molecule has 0 aliphatic carbocycles. The number of hydrogen-bond acceptors (Lipinski definition) is 8. The third kappa shape index (κ3) is 6.11. The Hall–Kier alpha value is -4.56. The van der Waals surface area contributed by atoms with E-state index >= 15 is 0 Å². The molecule has 1 aliphatic heterocycles. The van der Waals surface area contributed by atoms with Crippen LogP contribution in [0.2, 0.25) is 0 Å². The summed E-state index contributed by atoms with van der Waals surface area (Å²) in [5.74, 6) is 1.11. The lowest BCUT2D eigenvalue weighted by atomic mass is 10.1. The van der Waals surface area contributed by atoms with Gasteiger partial charge in [0.2, 0.25) is 0 Å². The molecule has 2 aromatic carbocycles. The quantitative estimate of drug-likeness (QED) is 0.163.